The van der Waals surface area contributed by atoms with Gasteiger partial charge in [0.2, 0.25) is 0 Å². The Morgan fingerprint density at radius 2 is 2.29 bits per heavy atom. The number of halogens is 1. The summed E-state index contributed by atoms with van der Waals surface area (Å²) in [4.78, 5) is 11.6. The first-order chi connectivity index (χ1) is 6.65. The molecule has 1 aromatic rings. The lowest BCUT2D eigenvalue weighted by Gasteiger charge is -2.04. The summed E-state index contributed by atoms with van der Waals surface area (Å²) < 4.78 is 2.71. The molecule has 0 fully saturated rings. The molecule has 5 heteroatoms. The summed E-state index contributed by atoms with van der Waals surface area (Å²) in [6, 6.07) is 1.80. The topological polar surface area (TPSA) is 46.1 Å². The monoisotopic (exact) mass is 259 g/mol. The second-order valence-corrected chi connectivity index (χ2v) is 3.93. The lowest BCUT2D eigenvalue weighted by Crippen LogP contribution is -2.31. The van der Waals surface area contributed by atoms with Crippen LogP contribution >= 0.6 is 15.9 Å². The van der Waals surface area contributed by atoms with E-state index in [1.165, 1.54) is 0 Å². The highest BCUT2D eigenvalue weighted by molar-refractivity contribution is 9.10. The Morgan fingerprint density at radius 3 is 2.79 bits per heavy atom. The van der Waals surface area contributed by atoms with Crippen molar-refractivity contribution in [1.82, 2.24) is 15.2 Å². The van der Waals surface area contributed by atoms with Gasteiger partial charge in [-0.25, -0.2) is 0 Å². The minimum Gasteiger partial charge on any atom is -0.349 e. The fourth-order valence-electron chi connectivity index (χ4n) is 1.14. The number of nitrogens with one attached hydrogen (secondary N) is 2. The number of aryl methyl sites for hydroxylation is 1. The lowest BCUT2D eigenvalue weighted by atomic mass is 10.4. The van der Waals surface area contributed by atoms with Crippen molar-refractivity contribution in [2.45, 2.75) is 0 Å². The number of rotatable bonds is 4. The average Bonchev–Trinajstić information content (AvgIpc) is 2.45. The first-order valence-electron chi connectivity index (χ1n) is 4.40. The van der Waals surface area contributed by atoms with Crippen LogP contribution in [0.1, 0.15) is 10.5 Å². The molecule has 0 aliphatic carbocycles. The zero-order valence-corrected chi connectivity index (χ0v) is 9.89. The predicted octanol–water partition coefficient (Wildman–Crippen LogP) is 0.737. The van der Waals surface area contributed by atoms with E-state index in [2.05, 4.69) is 26.6 Å². The van der Waals surface area contributed by atoms with Crippen LogP contribution < -0.4 is 10.6 Å². The maximum atomic E-state index is 11.6. The summed E-state index contributed by atoms with van der Waals surface area (Å²) in [5.74, 6) is -0.0477. The molecule has 1 amide bonds. The van der Waals surface area contributed by atoms with Crippen molar-refractivity contribution >= 4 is 21.8 Å². The number of hydrogen-bond donors (Lipinski definition) is 2. The third-order valence-corrected chi connectivity index (χ3v) is 2.30. The van der Waals surface area contributed by atoms with E-state index in [0.29, 0.717) is 12.2 Å². The van der Waals surface area contributed by atoms with E-state index in [9.17, 15) is 4.79 Å². The zero-order chi connectivity index (χ0) is 10.6. The summed E-state index contributed by atoms with van der Waals surface area (Å²) in [7, 11) is 3.70. The van der Waals surface area contributed by atoms with Crippen LogP contribution in [0.15, 0.2) is 16.7 Å². The Bertz CT molecular complexity index is 322. The highest BCUT2D eigenvalue weighted by atomic mass is 79.9. The van der Waals surface area contributed by atoms with Gasteiger partial charge in [-0.2, -0.15) is 0 Å². The van der Waals surface area contributed by atoms with Crippen LogP contribution in [0.5, 0.6) is 0 Å². The van der Waals surface area contributed by atoms with Crippen molar-refractivity contribution in [1.29, 1.82) is 0 Å². The Balaban J connectivity index is 2.56. The molecule has 0 atom stereocenters. The Kier molecular flexibility index (Phi) is 4.16. The average molecular weight is 260 g/mol. The molecular formula is C9H14BrN3O. The third-order valence-electron chi connectivity index (χ3n) is 1.86. The lowest BCUT2D eigenvalue weighted by molar-refractivity contribution is 0.0946. The number of nitrogens with zero attached hydrogens (tertiary/aromatic N) is 1. The van der Waals surface area contributed by atoms with Crippen LogP contribution in [0.2, 0.25) is 0 Å². The molecular weight excluding hydrogens is 246 g/mol. The van der Waals surface area contributed by atoms with Gasteiger partial charge in [-0.15, -0.1) is 0 Å². The van der Waals surface area contributed by atoms with E-state index in [0.717, 1.165) is 11.0 Å². The molecule has 1 aromatic heterocycles. The van der Waals surface area contributed by atoms with Crippen LogP contribution in [0.3, 0.4) is 0 Å². The highest BCUT2D eigenvalue weighted by Gasteiger charge is 2.09. The van der Waals surface area contributed by atoms with Crippen molar-refractivity contribution in [2.24, 2.45) is 7.05 Å². The second kappa shape index (κ2) is 5.17. The Hall–Kier alpha value is -0.810. The minimum absolute atomic E-state index is 0.0477. The Morgan fingerprint density at radius 1 is 1.57 bits per heavy atom. The van der Waals surface area contributed by atoms with Gasteiger partial charge in [-0.05, 0) is 29.0 Å². The van der Waals surface area contributed by atoms with E-state index in [-0.39, 0.29) is 5.91 Å². The van der Waals surface area contributed by atoms with Gasteiger partial charge < -0.3 is 15.2 Å². The van der Waals surface area contributed by atoms with Crippen LogP contribution in [0.25, 0.3) is 0 Å². The van der Waals surface area contributed by atoms with Gasteiger partial charge >= 0.3 is 0 Å². The van der Waals surface area contributed by atoms with Crippen molar-refractivity contribution in [3.63, 3.8) is 0 Å². The molecule has 0 aromatic carbocycles. The molecule has 1 heterocycles. The van der Waals surface area contributed by atoms with Crippen LogP contribution in [-0.2, 0) is 7.05 Å². The zero-order valence-electron chi connectivity index (χ0n) is 8.30. The number of likely N-dealkylation sites (N-methyl/N-ethyl adjacent to an activating group) is 1. The van der Waals surface area contributed by atoms with Gasteiger partial charge in [0.15, 0.2) is 0 Å². The van der Waals surface area contributed by atoms with Gasteiger partial charge in [0.05, 0.1) is 0 Å². The molecule has 0 spiro atoms. The minimum atomic E-state index is -0.0477. The number of amides is 1. The van der Waals surface area contributed by atoms with E-state index in [1.54, 1.807) is 10.6 Å². The first kappa shape index (κ1) is 11.3. The molecule has 0 saturated heterocycles. The molecule has 0 bridgehead atoms. The Labute approximate surface area is 91.8 Å². The molecule has 0 aliphatic heterocycles. The third kappa shape index (κ3) is 2.85. The standard InChI is InChI=1S/C9H14BrN3O/c1-11-3-4-12-9(14)8-5-7(10)6-13(8)2/h5-6,11H,3-4H2,1-2H3,(H,12,14). The summed E-state index contributed by atoms with van der Waals surface area (Å²) >= 11 is 3.32. The summed E-state index contributed by atoms with van der Waals surface area (Å²) in [6.07, 6.45) is 1.85. The van der Waals surface area contributed by atoms with Gasteiger partial charge in [0.25, 0.3) is 5.91 Å². The van der Waals surface area contributed by atoms with E-state index < -0.39 is 0 Å². The van der Waals surface area contributed by atoms with Crippen LogP contribution in [0.4, 0.5) is 0 Å². The molecule has 0 unspecified atom stereocenters. The van der Waals surface area contributed by atoms with Crippen molar-refractivity contribution in [3.8, 4) is 0 Å². The van der Waals surface area contributed by atoms with E-state index >= 15 is 0 Å². The van der Waals surface area contributed by atoms with Gasteiger partial charge in [-0.1, -0.05) is 0 Å². The van der Waals surface area contributed by atoms with Crippen molar-refractivity contribution in [2.75, 3.05) is 20.1 Å². The van der Waals surface area contributed by atoms with Gasteiger partial charge in [-0.3, -0.25) is 4.79 Å². The van der Waals surface area contributed by atoms with Gasteiger partial charge in [0.1, 0.15) is 5.69 Å². The molecule has 78 valence electrons. The van der Waals surface area contributed by atoms with E-state index in [4.69, 9.17) is 0 Å². The number of hydrogen-bond acceptors (Lipinski definition) is 2. The summed E-state index contributed by atoms with van der Waals surface area (Å²) in [5.41, 5.74) is 0.660. The molecule has 0 saturated carbocycles. The van der Waals surface area contributed by atoms with E-state index in [1.807, 2.05) is 20.3 Å². The fraction of sp³-hybridized carbons (Fsp3) is 0.444. The maximum Gasteiger partial charge on any atom is 0.267 e. The SMILES string of the molecule is CNCCNC(=O)c1cc(Br)cn1C. The molecule has 0 radical (unpaired) electrons. The molecule has 2 N–H and O–H groups in total. The van der Waals surface area contributed by atoms with Crippen LogP contribution in [-0.4, -0.2) is 30.6 Å². The molecule has 4 nitrogen and oxygen atoms in total. The number of aromatic nitrogens is 1. The maximum absolute atomic E-state index is 11.6. The number of carbonyl (C=O) groups is 1. The predicted molar refractivity (Wildman–Crippen MR) is 59.4 cm³/mol. The second-order valence-electron chi connectivity index (χ2n) is 3.01. The van der Waals surface area contributed by atoms with Crippen LogP contribution in [0, 0.1) is 0 Å². The smallest absolute Gasteiger partial charge is 0.267 e. The molecule has 0 aliphatic rings. The number of carbonyl (C=O) groups excluding carboxylic acids is 1. The quantitative estimate of drug-likeness (QED) is 0.784. The summed E-state index contributed by atoms with van der Waals surface area (Å²) in [5, 5.41) is 5.77. The highest BCUT2D eigenvalue weighted by Crippen LogP contribution is 2.13. The van der Waals surface area contributed by atoms with Crippen molar-refractivity contribution < 1.29 is 4.79 Å². The first-order valence-corrected chi connectivity index (χ1v) is 5.19. The molecule has 1 rings (SSSR count). The largest absolute Gasteiger partial charge is 0.349 e. The van der Waals surface area contributed by atoms with Crippen molar-refractivity contribution in [3.05, 3.63) is 22.4 Å². The molecule has 14 heavy (non-hydrogen) atoms. The normalized spacial score (nSPS) is 10.2. The summed E-state index contributed by atoms with van der Waals surface area (Å²) in [6.45, 7) is 1.41. The fourth-order valence-corrected chi connectivity index (χ4v) is 1.67. The van der Waals surface area contributed by atoms with Gasteiger partial charge in [0, 0.05) is 30.8 Å².